The van der Waals surface area contributed by atoms with Crippen molar-refractivity contribution in [3.8, 4) is 11.5 Å². The highest BCUT2D eigenvalue weighted by Gasteiger charge is 2.25. The molecule has 0 amide bonds. The molecule has 2 atom stereocenters. The summed E-state index contributed by atoms with van der Waals surface area (Å²) in [5.74, 6) is 1.49. The van der Waals surface area contributed by atoms with Gasteiger partial charge in [-0.1, -0.05) is 6.07 Å². The SMILES string of the molecule is COc1ccc(CC2CNCCN2C(C)O)cc1OC. The minimum Gasteiger partial charge on any atom is -0.493 e. The first-order valence-corrected chi connectivity index (χ1v) is 7.01. The summed E-state index contributed by atoms with van der Waals surface area (Å²) in [5.41, 5.74) is 1.18. The third kappa shape index (κ3) is 3.42. The summed E-state index contributed by atoms with van der Waals surface area (Å²) in [6, 6.07) is 6.28. The molecule has 0 radical (unpaired) electrons. The fourth-order valence-corrected chi connectivity index (χ4v) is 2.74. The summed E-state index contributed by atoms with van der Waals surface area (Å²) in [7, 11) is 3.28. The minimum atomic E-state index is -0.415. The van der Waals surface area contributed by atoms with Gasteiger partial charge in [-0.15, -0.1) is 0 Å². The van der Waals surface area contributed by atoms with Crippen molar-refractivity contribution in [1.29, 1.82) is 0 Å². The lowest BCUT2D eigenvalue weighted by molar-refractivity contribution is -0.0219. The molecule has 20 heavy (non-hydrogen) atoms. The molecular formula is C15H24N2O3. The lowest BCUT2D eigenvalue weighted by Crippen LogP contribution is -2.55. The Balaban J connectivity index is 2.11. The van der Waals surface area contributed by atoms with Gasteiger partial charge in [0.1, 0.15) is 6.23 Å². The summed E-state index contributed by atoms with van der Waals surface area (Å²) in [5, 5.41) is 13.2. The molecule has 1 saturated heterocycles. The van der Waals surface area contributed by atoms with Crippen LogP contribution in [0.4, 0.5) is 0 Å². The normalized spacial score (nSPS) is 21.5. The Morgan fingerprint density at radius 1 is 1.35 bits per heavy atom. The van der Waals surface area contributed by atoms with Crippen molar-refractivity contribution in [2.75, 3.05) is 33.9 Å². The van der Waals surface area contributed by atoms with Crippen LogP contribution in [-0.4, -0.2) is 56.1 Å². The lowest BCUT2D eigenvalue weighted by Gasteiger charge is -2.38. The standard InChI is InChI=1S/C15H24N2O3/c1-11(18)17-7-6-16-10-13(17)8-12-4-5-14(19-2)15(9-12)20-3/h4-5,9,11,13,16,18H,6-8,10H2,1-3H3. The average molecular weight is 280 g/mol. The summed E-state index contributed by atoms with van der Waals surface area (Å²) in [6.07, 6.45) is 0.459. The molecule has 2 unspecified atom stereocenters. The number of aliphatic hydroxyl groups excluding tert-OH is 1. The molecule has 1 aliphatic rings. The molecule has 0 spiro atoms. The second-order valence-corrected chi connectivity index (χ2v) is 5.12. The van der Waals surface area contributed by atoms with Gasteiger partial charge in [-0.2, -0.15) is 0 Å². The fraction of sp³-hybridized carbons (Fsp3) is 0.600. The highest BCUT2D eigenvalue weighted by Crippen LogP contribution is 2.28. The molecule has 1 aliphatic heterocycles. The van der Waals surface area contributed by atoms with Crippen LogP contribution in [0.2, 0.25) is 0 Å². The Bertz CT molecular complexity index is 437. The van der Waals surface area contributed by atoms with E-state index in [9.17, 15) is 5.11 Å². The molecule has 0 bridgehead atoms. The van der Waals surface area contributed by atoms with E-state index in [-0.39, 0.29) is 0 Å². The third-order valence-corrected chi connectivity index (χ3v) is 3.79. The van der Waals surface area contributed by atoms with Crippen LogP contribution in [0.25, 0.3) is 0 Å². The van der Waals surface area contributed by atoms with Crippen molar-refractivity contribution in [1.82, 2.24) is 10.2 Å². The molecule has 5 heteroatoms. The monoisotopic (exact) mass is 280 g/mol. The summed E-state index contributed by atoms with van der Waals surface area (Å²) >= 11 is 0. The van der Waals surface area contributed by atoms with Gasteiger partial charge in [0.25, 0.3) is 0 Å². The van der Waals surface area contributed by atoms with E-state index in [4.69, 9.17) is 9.47 Å². The molecule has 1 aromatic carbocycles. The van der Waals surface area contributed by atoms with Crippen LogP contribution in [0.15, 0.2) is 18.2 Å². The summed E-state index contributed by atoms with van der Waals surface area (Å²) in [6.45, 7) is 4.51. The fourth-order valence-electron chi connectivity index (χ4n) is 2.74. The van der Waals surface area contributed by atoms with E-state index in [0.717, 1.165) is 37.6 Å². The topological polar surface area (TPSA) is 54.0 Å². The largest absolute Gasteiger partial charge is 0.493 e. The summed E-state index contributed by atoms with van der Waals surface area (Å²) < 4.78 is 10.6. The highest BCUT2D eigenvalue weighted by atomic mass is 16.5. The van der Waals surface area contributed by atoms with Crippen LogP contribution in [0, 0.1) is 0 Å². The predicted octanol–water partition coefficient (Wildman–Crippen LogP) is 0.858. The van der Waals surface area contributed by atoms with Crippen molar-refractivity contribution < 1.29 is 14.6 Å². The zero-order valence-corrected chi connectivity index (χ0v) is 12.4. The molecule has 2 rings (SSSR count). The van der Waals surface area contributed by atoms with Gasteiger partial charge in [0.05, 0.1) is 14.2 Å². The van der Waals surface area contributed by atoms with Gasteiger partial charge >= 0.3 is 0 Å². The lowest BCUT2D eigenvalue weighted by atomic mass is 10.0. The first-order chi connectivity index (χ1) is 9.65. The predicted molar refractivity (Wildman–Crippen MR) is 78.3 cm³/mol. The number of nitrogens with zero attached hydrogens (tertiary/aromatic N) is 1. The molecule has 0 saturated carbocycles. The Kier molecular flexibility index (Phi) is 5.23. The first kappa shape index (κ1) is 15.1. The van der Waals surface area contributed by atoms with Crippen LogP contribution in [0.1, 0.15) is 12.5 Å². The second-order valence-electron chi connectivity index (χ2n) is 5.12. The van der Waals surface area contributed by atoms with Crippen LogP contribution in [0.3, 0.4) is 0 Å². The minimum absolute atomic E-state index is 0.293. The van der Waals surface area contributed by atoms with E-state index in [1.54, 1.807) is 14.2 Å². The van der Waals surface area contributed by atoms with Crippen LogP contribution >= 0.6 is 0 Å². The average Bonchev–Trinajstić information content (AvgIpc) is 2.47. The maximum Gasteiger partial charge on any atom is 0.160 e. The number of hydrogen-bond acceptors (Lipinski definition) is 5. The second kappa shape index (κ2) is 6.92. The molecule has 5 nitrogen and oxygen atoms in total. The highest BCUT2D eigenvalue weighted by molar-refractivity contribution is 5.43. The Hall–Kier alpha value is -1.30. The van der Waals surface area contributed by atoms with Crippen LogP contribution in [-0.2, 0) is 6.42 Å². The number of piperazine rings is 1. The zero-order valence-electron chi connectivity index (χ0n) is 12.4. The van der Waals surface area contributed by atoms with Crippen molar-refractivity contribution >= 4 is 0 Å². The molecule has 0 aliphatic carbocycles. The number of nitrogens with one attached hydrogen (secondary N) is 1. The van der Waals surface area contributed by atoms with Gasteiger partial charge in [-0.3, -0.25) is 4.90 Å². The number of methoxy groups -OCH3 is 2. The number of aliphatic hydroxyl groups is 1. The van der Waals surface area contributed by atoms with E-state index >= 15 is 0 Å². The molecule has 0 aromatic heterocycles. The number of hydrogen-bond donors (Lipinski definition) is 2. The maximum atomic E-state index is 9.86. The molecule has 1 aromatic rings. The van der Waals surface area contributed by atoms with Crippen molar-refractivity contribution in [3.63, 3.8) is 0 Å². The van der Waals surface area contributed by atoms with E-state index < -0.39 is 6.23 Å². The Morgan fingerprint density at radius 2 is 2.10 bits per heavy atom. The number of rotatable bonds is 5. The molecule has 2 N–H and O–H groups in total. The van der Waals surface area contributed by atoms with Crippen LogP contribution in [0.5, 0.6) is 11.5 Å². The van der Waals surface area contributed by atoms with Gasteiger partial charge in [0, 0.05) is 25.7 Å². The van der Waals surface area contributed by atoms with E-state index in [2.05, 4.69) is 16.3 Å². The van der Waals surface area contributed by atoms with E-state index in [1.807, 2.05) is 19.1 Å². The van der Waals surface area contributed by atoms with Gasteiger partial charge in [0.15, 0.2) is 11.5 Å². The molecule has 1 heterocycles. The maximum absolute atomic E-state index is 9.86. The molecule has 112 valence electrons. The number of ether oxygens (including phenoxy) is 2. The third-order valence-electron chi connectivity index (χ3n) is 3.79. The molecular weight excluding hydrogens is 256 g/mol. The quantitative estimate of drug-likeness (QED) is 0.838. The zero-order chi connectivity index (χ0) is 14.5. The van der Waals surface area contributed by atoms with Crippen molar-refractivity contribution in [2.24, 2.45) is 0 Å². The van der Waals surface area contributed by atoms with E-state index in [0.29, 0.717) is 6.04 Å². The van der Waals surface area contributed by atoms with Crippen LogP contribution < -0.4 is 14.8 Å². The van der Waals surface area contributed by atoms with Crippen molar-refractivity contribution in [3.05, 3.63) is 23.8 Å². The first-order valence-electron chi connectivity index (χ1n) is 7.01. The van der Waals surface area contributed by atoms with Gasteiger partial charge < -0.3 is 19.9 Å². The molecule has 1 fully saturated rings. The van der Waals surface area contributed by atoms with Crippen molar-refractivity contribution in [2.45, 2.75) is 25.6 Å². The van der Waals surface area contributed by atoms with Gasteiger partial charge in [-0.25, -0.2) is 0 Å². The van der Waals surface area contributed by atoms with Gasteiger partial charge in [-0.05, 0) is 31.0 Å². The van der Waals surface area contributed by atoms with Gasteiger partial charge in [0.2, 0.25) is 0 Å². The summed E-state index contributed by atoms with van der Waals surface area (Å²) in [4.78, 5) is 2.13. The Morgan fingerprint density at radius 3 is 2.75 bits per heavy atom. The Labute approximate surface area is 120 Å². The smallest absolute Gasteiger partial charge is 0.160 e. The van der Waals surface area contributed by atoms with E-state index in [1.165, 1.54) is 5.56 Å². The number of benzene rings is 1.